The van der Waals surface area contributed by atoms with Gasteiger partial charge in [-0.15, -0.1) is 0 Å². The van der Waals surface area contributed by atoms with Gasteiger partial charge in [0.25, 0.3) is 11.8 Å². The van der Waals surface area contributed by atoms with Crippen LogP contribution in [0.4, 0.5) is 11.4 Å². The van der Waals surface area contributed by atoms with Gasteiger partial charge in [-0.2, -0.15) is 5.10 Å². The van der Waals surface area contributed by atoms with Crippen molar-refractivity contribution in [2.45, 2.75) is 89.6 Å². The van der Waals surface area contributed by atoms with Crippen molar-refractivity contribution in [3.63, 3.8) is 0 Å². The molecule has 3 amide bonds. The monoisotopic (exact) mass is 637 g/mol. The van der Waals surface area contributed by atoms with Crippen molar-refractivity contribution < 1.29 is 28.7 Å². The lowest BCUT2D eigenvalue weighted by molar-refractivity contribution is -0.150. The Morgan fingerprint density at radius 2 is 1.76 bits per heavy atom. The number of nitrogens with one attached hydrogen (secondary N) is 2. The van der Waals surface area contributed by atoms with Crippen LogP contribution in [-0.2, 0) is 29.3 Å². The van der Waals surface area contributed by atoms with Crippen molar-refractivity contribution in [1.29, 1.82) is 0 Å². The molecule has 1 aliphatic heterocycles. The van der Waals surface area contributed by atoms with Gasteiger partial charge in [-0.25, -0.2) is 0 Å². The van der Waals surface area contributed by atoms with Crippen molar-refractivity contribution in [3.8, 4) is 0 Å². The molecule has 2 N–H and O–H groups in total. The van der Waals surface area contributed by atoms with Gasteiger partial charge in [-0.05, 0) is 88.5 Å². The van der Waals surface area contributed by atoms with Crippen LogP contribution in [-0.4, -0.2) is 68.0 Å². The molecule has 0 radical (unpaired) electrons. The van der Waals surface area contributed by atoms with E-state index in [1.165, 1.54) is 12.0 Å². The van der Waals surface area contributed by atoms with Crippen LogP contribution < -0.4 is 15.5 Å². The summed E-state index contributed by atoms with van der Waals surface area (Å²) in [5.74, 6) is -0.898. The Morgan fingerprint density at radius 1 is 1.09 bits per heavy atom. The zero-order valence-electron chi connectivity index (χ0n) is 27.5. The van der Waals surface area contributed by atoms with Crippen LogP contribution in [0.1, 0.15) is 68.5 Å². The van der Waals surface area contributed by atoms with E-state index < -0.39 is 31.4 Å². The fourth-order valence-electron chi connectivity index (χ4n) is 6.38. The number of methoxy groups -OCH3 is 1. The maximum absolute atomic E-state index is 14.1. The predicted octanol–water partition coefficient (Wildman–Crippen LogP) is 4.73. The Balaban J connectivity index is 1.41. The highest BCUT2D eigenvalue weighted by Crippen LogP contribution is 2.51. The highest BCUT2D eigenvalue weighted by Gasteiger charge is 2.54. The second-order valence-corrected chi connectivity index (χ2v) is 20.0. The van der Waals surface area contributed by atoms with Gasteiger partial charge in [0, 0.05) is 38.2 Å². The van der Waals surface area contributed by atoms with Crippen LogP contribution in [0, 0.1) is 17.8 Å². The van der Waals surface area contributed by atoms with Crippen molar-refractivity contribution in [2.75, 3.05) is 30.7 Å². The van der Waals surface area contributed by atoms with E-state index in [0.29, 0.717) is 41.1 Å². The lowest BCUT2D eigenvalue weighted by Crippen LogP contribution is -2.50. The third kappa shape index (κ3) is 6.86. The summed E-state index contributed by atoms with van der Waals surface area (Å²) in [5.41, 5.74) is 0.321. The highest BCUT2D eigenvalue weighted by molar-refractivity contribution is 6.76. The average molecular weight is 638 g/mol. The summed E-state index contributed by atoms with van der Waals surface area (Å²) in [6.07, 6.45) is 5.78. The summed E-state index contributed by atoms with van der Waals surface area (Å²) in [6, 6.07) is 6.95. The molecule has 2 heterocycles. The second-order valence-electron chi connectivity index (χ2n) is 14.4. The maximum atomic E-state index is 14.1. The van der Waals surface area contributed by atoms with Crippen molar-refractivity contribution in [1.82, 2.24) is 15.1 Å². The molecule has 2 aromatic rings. The molecule has 5 rings (SSSR count). The van der Waals surface area contributed by atoms with Gasteiger partial charge < -0.3 is 20.1 Å². The third-order valence-electron chi connectivity index (χ3n) is 9.26. The molecule has 0 saturated heterocycles. The van der Waals surface area contributed by atoms with E-state index in [1.807, 2.05) is 13.8 Å². The molecule has 2 aliphatic carbocycles. The minimum Gasteiger partial charge on any atom is -0.468 e. The maximum Gasteiger partial charge on any atom is 0.325 e. The summed E-state index contributed by atoms with van der Waals surface area (Å²) >= 11 is 0. The van der Waals surface area contributed by atoms with Crippen molar-refractivity contribution in [2.24, 2.45) is 17.8 Å². The first kappa shape index (κ1) is 32.9. The van der Waals surface area contributed by atoms with Crippen LogP contribution >= 0.6 is 0 Å². The SMILES string of the molecule is COC(=O)[C@@]1(C)C(=O)N(COCC[Si](C)(C)C)c2cc(NC(=O)[C@@H](NC(=O)c3ccnn3C(C)C)C(C3CC3)C3CC3)ccc21. The number of ether oxygens (including phenoxy) is 2. The molecule has 0 bridgehead atoms. The average Bonchev–Trinajstić information content (AvgIpc) is 3.93. The normalized spacial score (nSPS) is 20.4. The van der Waals surface area contributed by atoms with Crippen LogP contribution in [0.25, 0.3) is 0 Å². The molecule has 2 atom stereocenters. The van der Waals surface area contributed by atoms with Crippen LogP contribution in [0.15, 0.2) is 30.5 Å². The van der Waals surface area contributed by atoms with E-state index in [2.05, 4.69) is 35.4 Å². The number of aromatic nitrogens is 2. The number of carbonyl (C=O) groups is 4. The van der Waals surface area contributed by atoms with Gasteiger partial charge in [0.15, 0.2) is 5.41 Å². The predicted molar refractivity (Wildman–Crippen MR) is 174 cm³/mol. The van der Waals surface area contributed by atoms with Crippen LogP contribution in [0.5, 0.6) is 0 Å². The first-order valence-corrected chi connectivity index (χ1v) is 19.7. The first-order valence-electron chi connectivity index (χ1n) is 16.0. The highest BCUT2D eigenvalue weighted by atomic mass is 28.3. The Hall–Kier alpha value is -3.51. The number of anilines is 2. The van der Waals surface area contributed by atoms with Crippen molar-refractivity contribution in [3.05, 3.63) is 41.7 Å². The van der Waals surface area contributed by atoms with Gasteiger partial charge in [-0.3, -0.25) is 28.8 Å². The summed E-state index contributed by atoms with van der Waals surface area (Å²) in [6.45, 7) is 12.7. The molecule has 2 saturated carbocycles. The Morgan fingerprint density at radius 3 is 2.33 bits per heavy atom. The second kappa shape index (κ2) is 12.7. The third-order valence-corrected chi connectivity index (χ3v) is 11.0. The number of rotatable bonds is 14. The number of amides is 3. The minimum atomic E-state index is -1.53. The molecular formula is C33H47N5O6Si. The van der Waals surface area contributed by atoms with E-state index in [0.717, 1.165) is 31.7 Å². The van der Waals surface area contributed by atoms with Gasteiger partial charge in [0.2, 0.25) is 5.91 Å². The van der Waals surface area contributed by atoms with Gasteiger partial charge in [0.05, 0.1) is 12.8 Å². The molecule has 1 aromatic heterocycles. The molecule has 0 spiro atoms. The number of benzene rings is 1. The number of carbonyl (C=O) groups excluding carboxylic acids is 4. The summed E-state index contributed by atoms with van der Waals surface area (Å²) in [5, 5.41) is 10.4. The van der Waals surface area contributed by atoms with Crippen LogP contribution in [0.2, 0.25) is 25.7 Å². The zero-order valence-corrected chi connectivity index (χ0v) is 28.5. The zero-order chi connectivity index (χ0) is 32.7. The molecule has 244 valence electrons. The first-order chi connectivity index (χ1) is 21.3. The number of fused-ring (bicyclic) bond motifs is 1. The number of nitrogens with zero attached hydrogens (tertiary/aromatic N) is 3. The number of hydrogen-bond donors (Lipinski definition) is 2. The van der Waals surface area contributed by atoms with E-state index in [4.69, 9.17) is 9.47 Å². The van der Waals surface area contributed by atoms with Gasteiger partial charge in [0.1, 0.15) is 18.5 Å². The summed E-state index contributed by atoms with van der Waals surface area (Å²) in [4.78, 5) is 55.6. The van der Waals surface area contributed by atoms with Gasteiger partial charge >= 0.3 is 5.97 Å². The fraction of sp³-hybridized carbons (Fsp3) is 0.606. The topological polar surface area (TPSA) is 132 Å². The Kier molecular flexibility index (Phi) is 9.28. The summed E-state index contributed by atoms with van der Waals surface area (Å²) < 4.78 is 12.6. The lowest BCUT2D eigenvalue weighted by Gasteiger charge is -2.28. The molecule has 0 unspecified atom stereocenters. The van der Waals surface area contributed by atoms with Gasteiger partial charge in [-0.1, -0.05) is 25.7 Å². The number of hydrogen-bond acceptors (Lipinski definition) is 7. The summed E-state index contributed by atoms with van der Waals surface area (Å²) in [7, 11) is -0.0882. The molecule has 3 aliphatic rings. The fourth-order valence-corrected chi connectivity index (χ4v) is 7.14. The Labute approximate surface area is 266 Å². The minimum absolute atomic E-state index is 0.0112. The van der Waals surface area contributed by atoms with Crippen molar-refractivity contribution >= 4 is 43.1 Å². The molecule has 45 heavy (non-hydrogen) atoms. The molecular weight excluding hydrogens is 590 g/mol. The van der Waals surface area contributed by atoms with E-state index in [1.54, 1.807) is 42.1 Å². The molecule has 2 fully saturated rings. The largest absolute Gasteiger partial charge is 0.468 e. The molecule has 12 heteroatoms. The standard InChI is InChI=1S/C33H47N5O6Si/c1-20(2)38-25(14-15-34-38)29(39)36-28(27(21-8-9-21)22-10-11-22)30(40)35-23-12-13-24-26(18-23)37(19-44-16-17-45(5,6)7)31(41)33(24,3)32(42)43-4/h12-15,18,20-22,27-28H,8-11,16-17,19H2,1-7H3,(H,35,40)(H,36,39)/t28-,33+/m0/s1. The molecule has 1 aromatic carbocycles. The lowest BCUT2D eigenvalue weighted by atomic mass is 9.83. The molecule has 11 nitrogen and oxygen atoms in total. The smallest absolute Gasteiger partial charge is 0.325 e. The number of esters is 1. The van der Waals surface area contributed by atoms with E-state index >= 15 is 0 Å². The van der Waals surface area contributed by atoms with E-state index in [9.17, 15) is 19.2 Å². The van der Waals surface area contributed by atoms with E-state index in [-0.39, 0.29) is 30.5 Å². The Bertz CT molecular complexity index is 1450. The quantitative estimate of drug-likeness (QED) is 0.133. The van der Waals surface area contributed by atoms with Crippen LogP contribution in [0.3, 0.4) is 0 Å².